The molecule has 0 aliphatic rings. The van der Waals surface area contributed by atoms with Gasteiger partial charge in [0, 0.05) is 6.04 Å². The highest BCUT2D eigenvalue weighted by atomic mass is 16.5. The van der Waals surface area contributed by atoms with E-state index in [9.17, 15) is 0 Å². The molecule has 2 unspecified atom stereocenters. The van der Waals surface area contributed by atoms with Gasteiger partial charge in [-0.05, 0) is 43.1 Å². The standard InChI is InChI=1S/C18H23NO/c1-14(15(2)19-3)17-9-11-18(12-10-17)20-13-16-7-5-4-6-8-16/h4-12,14-15,19H,13H2,1-3H3. The molecule has 2 atom stereocenters. The molecule has 0 aliphatic heterocycles. The van der Waals surface area contributed by atoms with E-state index in [1.807, 2.05) is 25.2 Å². The number of hydrogen-bond acceptors (Lipinski definition) is 2. The highest BCUT2D eigenvalue weighted by Crippen LogP contribution is 2.22. The van der Waals surface area contributed by atoms with Crippen LogP contribution in [0.5, 0.6) is 5.75 Å². The molecule has 1 N–H and O–H groups in total. The topological polar surface area (TPSA) is 21.3 Å². The fourth-order valence-corrected chi connectivity index (χ4v) is 2.15. The second kappa shape index (κ2) is 7.11. The summed E-state index contributed by atoms with van der Waals surface area (Å²) in [7, 11) is 2.00. The zero-order valence-corrected chi connectivity index (χ0v) is 12.5. The average Bonchev–Trinajstić information content (AvgIpc) is 2.53. The molecule has 0 bridgehead atoms. The first-order valence-electron chi connectivity index (χ1n) is 7.14. The van der Waals surface area contributed by atoms with Gasteiger partial charge in [-0.3, -0.25) is 0 Å². The van der Waals surface area contributed by atoms with Crippen LogP contribution in [0.2, 0.25) is 0 Å². The highest BCUT2D eigenvalue weighted by Gasteiger charge is 2.12. The number of nitrogens with one attached hydrogen (secondary N) is 1. The summed E-state index contributed by atoms with van der Waals surface area (Å²) in [4.78, 5) is 0. The zero-order chi connectivity index (χ0) is 14.4. The van der Waals surface area contributed by atoms with Crippen LogP contribution in [0.3, 0.4) is 0 Å². The van der Waals surface area contributed by atoms with Crippen molar-refractivity contribution in [1.29, 1.82) is 0 Å². The van der Waals surface area contributed by atoms with Crippen LogP contribution in [0.4, 0.5) is 0 Å². The monoisotopic (exact) mass is 269 g/mol. The molecule has 0 saturated heterocycles. The van der Waals surface area contributed by atoms with Crippen molar-refractivity contribution in [3.63, 3.8) is 0 Å². The molecule has 0 radical (unpaired) electrons. The molecular formula is C18H23NO. The maximum absolute atomic E-state index is 5.80. The fraction of sp³-hybridized carbons (Fsp3) is 0.333. The molecule has 2 nitrogen and oxygen atoms in total. The van der Waals surface area contributed by atoms with E-state index >= 15 is 0 Å². The van der Waals surface area contributed by atoms with Gasteiger partial charge in [-0.2, -0.15) is 0 Å². The Balaban J connectivity index is 1.95. The van der Waals surface area contributed by atoms with Gasteiger partial charge in [-0.25, -0.2) is 0 Å². The van der Waals surface area contributed by atoms with E-state index in [1.165, 1.54) is 11.1 Å². The first-order valence-corrected chi connectivity index (χ1v) is 7.14. The van der Waals surface area contributed by atoms with Crippen molar-refractivity contribution in [2.45, 2.75) is 32.4 Å². The summed E-state index contributed by atoms with van der Waals surface area (Å²) in [5.41, 5.74) is 2.52. The van der Waals surface area contributed by atoms with Gasteiger partial charge < -0.3 is 10.1 Å². The average molecular weight is 269 g/mol. The smallest absolute Gasteiger partial charge is 0.119 e. The second-order valence-electron chi connectivity index (χ2n) is 5.21. The third kappa shape index (κ3) is 3.84. The van der Waals surface area contributed by atoms with E-state index in [-0.39, 0.29) is 0 Å². The van der Waals surface area contributed by atoms with Gasteiger partial charge in [0.2, 0.25) is 0 Å². The Morgan fingerprint density at radius 3 is 2.20 bits per heavy atom. The molecule has 2 aromatic rings. The van der Waals surface area contributed by atoms with Gasteiger partial charge in [0.15, 0.2) is 0 Å². The first-order chi connectivity index (χ1) is 9.70. The number of benzene rings is 2. The van der Waals surface area contributed by atoms with Gasteiger partial charge in [0.25, 0.3) is 0 Å². The molecule has 0 amide bonds. The first kappa shape index (κ1) is 14.6. The molecule has 0 saturated carbocycles. The minimum Gasteiger partial charge on any atom is -0.489 e. The lowest BCUT2D eigenvalue weighted by Crippen LogP contribution is -2.27. The van der Waals surface area contributed by atoms with E-state index in [4.69, 9.17) is 4.74 Å². The van der Waals surface area contributed by atoms with Gasteiger partial charge >= 0.3 is 0 Å². The van der Waals surface area contributed by atoms with Crippen molar-refractivity contribution in [3.05, 3.63) is 65.7 Å². The van der Waals surface area contributed by atoms with Crippen molar-refractivity contribution in [1.82, 2.24) is 5.32 Å². The van der Waals surface area contributed by atoms with Gasteiger partial charge in [-0.1, -0.05) is 49.4 Å². The van der Waals surface area contributed by atoms with Gasteiger partial charge in [0.05, 0.1) is 0 Å². The molecule has 2 heteroatoms. The lowest BCUT2D eigenvalue weighted by molar-refractivity contribution is 0.306. The highest BCUT2D eigenvalue weighted by molar-refractivity contribution is 5.30. The predicted molar refractivity (Wildman–Crippen MR) is 84.2 cm³/mol. The molecule has 0 spiro atoms. The van der Waals surface area contributed by atoms with Crippen LogP contribution in [-0.2, 0) is 6.61 Å². The van der Waals surface area contributed by atoms with Crippen molar-refractivity contribution < 1.29 is 4.74 Å². The molecule has 0 heterocycles. The van der Waals surface area contributed by atoms with Crippen LogP contribution in [0.1, 0.15) is 30.9 Å². The number of rotatable bonds is 6. The molecule has 2 aromatic carbocycles. The molecule has 20 heavy (non-hydrogen) atoms. The number of ether oxygens (including phenoxy) is 1. The van der Waals surface area contributed by atoms with Gasteiger partial charge in [0.1, 0.15) is 12.4 Å². The van der Waals surface area contributed by atoms with Crippen LogP contribution in [0.25, 0.3) is 0 Å². The SMILES string of the molecule is CNC(C)C(C)c1ccc(OCc2ccccc2)cc1. The van der Waals surface area contributed by atoms with E-state index in [0.29, 0.717) is 18.6 Å². The third-order valence-electron chi connectivity index (χ3n) is 3.86. The van der Waals surface area contributed by atoms with Crippen LogP contribution < -0.4 is 10.1 Å². The van der Waals surface area contributed by atoms with Crippen LogP contribution in [0.15, 0.2) is 54.6 Å². The van der Waals surface area contributed by atoms with E-state index < -0.39 is 0 Å². The van der Waals surface area contributed by atoms with Crippen LogP contribution in [0, 0.1) is 0 Å². The Hall–Kier alpha value is -1.80. The summed E-state index contributed by atoms with van der Waals surface area (Å²) in [5, 5.41) is 3.29. The maximum atomic E-state index is 5.80. The Morgan fingerprint density at radius 2 is 1.60 bits per heavy atom. The predicted octanol–water partition coefficient (Wildman–Crippen LogP) is 3.98. The summed E-state index contributed by atoms with van der Waals surface area (Å²) in [6, 6.07) is 19.1. The third-order valence-corrected chi connectivity index (χ3v) is 3.86. The summed E-state index contributed by atoms with van der Waals surface area (Å²) < 4.78 is 5.80. The minimum atomic E-state index is 0.464. The normalized spacial score (nSPS) is 13.8. The van der Waals surface area contributed by atoms with Crippen molar-refractivity contribution in [2.75, 3.05) is 7.05 Å². The fourth-order valence-electron chi connectivity index (χ4n) is 2.15. The van der Waals surface area contributed by atoms with Crippen LogP contribution in [-0.4, -0.2) is 13.1 Å². The zero-order valence-electron chi connectivity index (χ0n) is 12.5. The maximum Gasteiger partial charge on any atom is 0.119 e. The van der Waals surface area contributed by atoms with E-state index in [2.05, 4.69) is 55.6 Å². The van der Waals surface area contributed by atoms with E-state index in [0.717, 1.165) is 5.75 Å². The lowest BCUT2D eigenvalue weighted by atomic mass is 9.94. The molecular weight excluding hydrogens is 246 g/mol. The number of hydrogen-bond donors (Lipinski definition) is 1. The Labute approximate surface area is 121 Å². The summed E-state index contributed by atoms with van der Waals surface area (Å²) in [6.45, 7) is 5.05. The van der Waals surface area contributed by atoms with Crippen molar-refractivity contribution >= 4 is 0 Å². The van der Waals surface area contributed by atoms with Gasteiger partial charge in [-0.15, -0.1) is 0 Å². The Morgan fingerprint density at radius 1 is 0.950 bits per heavy atom. The second-order valence-corrected chi connectivity index (χ2v) is 5.21. The Bertz CT molecular complexity index is 507. The molecule has 0 aliphatic carbocycles. The van der Waals surface area contributed by atoms with Crippen molar-refractivity contribution in [3.8, 4) is 5.75 Å². The summed E-state index contributed by atoms with van der Waals surface area (Å²) >= 11 is 0. The molecule has 0 fully saturated rings. The summed E-state index contributed by atoms with van der Waals surface area (Å²) in [6.07, 6.45) is 0. The molecule has 2 rings (SSSR count). The largest absolute Gasteiger partial charge is 0.489 e. The lowest BCUT2D eigenvalue weighted by Gasteiger charge is -2.19. The van der Waals surface area contributed by atoms with E-state index in [1.54, 1.807) is 0 Å². The Kier molecular flexibility index (Phi) is 5.19. The number of likely N-dealkylation sites (N-methyl/N-ethyl adjacent to an activating group) is 1. The molecule has 0 aromatic heterocycles. The molecule has 106 valence electrons. The van der Waals surface area contributed by atoms with Crippen LogP contribution >= 0.6 is 0 Å². The van der Waals surface area contributed by atoms with Crippen molar-refractivity contribution in [2.24, 2.45) is 0 Å². The quantitative estimate of drug-likeness (QED) is 0.856. The minimum absolute atomic E-state index is 0.464. The summed E-state index contributed by atoms with van der Waals surface area (Å²) in [5.74, 6) is 1.41.